The van der Waals surface area contributed by atoms with Crippen LogP contribution < -0.4 is 10.2 Å². The van der Waals surface area contributed by atoms with Crippen molar-refractivity contribution in [1.82, 2.24) is 9.97 Å². The van der Waals surface area contributed by atoms with Crippen molar-refractivity contribution in [3.63, 3.8) is 0 Å². The van der Waals surface area contributed by atoms with E-state index in [1.54, 1.807) is 0 Å². The molecule has 2 aromatic carbocycles. The molecule has 0 unspecified atom stereocenters. The van der Waals surface area contributed by atoms with E-state index in [0.717, 1.165) is 43.1 Å². The summed E-state index contributed by atoms with van der Waals surface area (Å²) < 4.78 is 0. The van der Waals surface area contributed by atoms with E-state index in [-0.39, 0.29) is 0 Å². The molecule has 0 fully saturated rings. The van der Waals surface area contributed by atoms with E-state index < -0.39 is 0 Å². The average Bonchev–Trinajstić information content (AvgIpc) is 2.67. The second-order valence-corrected chi connectivity index (χ2v) is 6.38. The number of anilines is 3. The van der Waals surface area contributed by atoms with Gasteiger partial charge in [0.2, 0.25) is 5.95 Å². The molecule has 26 heavy (non-hydrogen) atoms. The minimum atomic E-state index is 0.697. The highest BCUT2D eigenvalue weighted by atomic mass is 15.2. The monoisotopic (exact) mass is 346 g/mol. The number of nitrogens with one attached hydrogen (secondary N) is 1. The maximum absolute atomic E-state index is 4.78. The van der Waals surface area contributed by atoms with Crippen LogP contribution in [0.2, 0.25) is 0 Å². The standard InChI is InChI=1S/C22H26N4/c1-3-4-15-23-22-24-18(2)16-21(25-22)26(20-13-9-6-10-14-20)17-19-11-7-5-8-12-19/h5-14,16H,3-4,15,17H2,1-2H3,(H,23,24,25). The fourth-order valence-corrected chi connectivity index (χ4v) is 2.82. The van der Waals surface area contributed by atoms with Crippen molar-refractivity contribution in [2.24, 2.45) is 0 Å². The molecule has 1 heterocycles. The molecule has 0 saturated carbocycles. The van der Waals surface area contributed by atoms with Gasteiger partial charge in [0.1, 0.15) is 5.82 Å². The Morgan fingerprint density at radius 3 is 2.31 bits per heavy atom. The predicted octanol–water partition coefficient (Wildman–Crippen LogP) is 5.34. The zero-order valence-electron chi connectivity index (χ0n) is 15.5. The lowest BCUT2D eigenvalue weighted by Gasteiger charge is -2.25. The highest BCUT2D eigenvalue weighted by Gasteiger charge is 2.13. The van der Waals surface area contributed by atoms with Gasteiger partial charge in [0.25, 0.3) is 0 Å². The van der Waals surface area contributed by atoms with Crippen LogP contribution >= 0.6 is 0 Å². The van der Waals surface area contributed by atoms with Crippen LogP contribution in [0.15, 0.2) is 66.7 Å². The van der Waals surface area contributed by atoms with Gasteiger partial charge in [0.15, 0.2) is 0 Å². The van der Waals surface area contributed by atoms with Crippen LogP contribution in [0, 0.1) is 6.92 Å². The van der Waals surface area contributed by atoms with Crippen LogP contribution in [0.3, 0.4) is 0 Å². The Morgan fingerprint density at radius 2 is 1.62 bits per heavy atom. The SMILES string of the molecule is CCCCNc1nc(C)cc(N(Cc2ccccc2)c2ccccc2)n1. The molecular formula is C22H26N4. The zero-order valence-corrected chi connectivity index (χ0v) is 15.5. The third kappa shape index (κ3) is 4.82. The predicted molar refractivity (Wildman–Crippen MR) is 109 cm³/mol. The molecule has 0 bridgehead atoms. The summed E-state index contributed by atoms with van der Waals surface area (Å²) in [6.07, 6.45) is 2.26. The zero-order chi connectivity index (χ0) is 18.2. The van der Waals surface area contributed by atoms with Crippen molar-refractivity contribution in [3.8, 4) is 0 Å². The molecule has 1 aromatic heterocycles. The number of aromatic nitrogens is 2. The molecule has 0 radical (unpaired) electrons. The van der Waals surface area contributed by atoms with Crippen molar-refractivity contribution < 1.29 is 0 Å². The minimum absolute atomic E-state index is 0.697. The lowest BCUT2D eigenvalue weighted by Crippen LogP contribution is -2.19. The van der Waals surface area contributed by atoms with E-state index in [0.29, 0.717) is 5.95 Å². The van der Waals surface area contributed by atoms with Crippen LogP contribution in [-0.2, 0) is 6.54 Å². The molecule has 1 N–H and O–H groups in total. The molecule has 0 aliphatic carbocycles. The molecule has 134 valence electrons. The summed E-state index contributed by atoms with van der Waals surface area (Å²) in [6.45, 7) is 5.85. The summed E-state index contributed by atoms with van der Waals surface area (Å²) in [7, 11) is 0. The molecule has 0 atom stereocenters. The molecule has 0 aliphatic heterocycles. The van der Waals surface area contributed by atoms with Crippen molar-refractivity contribution >= 4 is 17.5 Å². The third-order valence-corrected chi connectivity index (χ3v) is 4.18. The lowest BCUT2D eigenvalue weighted by atomic mass is 10.2. The number of benzene rings is 2. The van der Waals surface area contributed by atoms with Gasteiger partial charge in [0.05, 0.1) is 0 Å². The highest BCUT2D eigenvalue weighted by Crippen LogP contribution is 2.27. The number of para-hydroxylation sites is 1. The number of hydrogen-bond donors (Lipinski definition) is 1. The summed E-state index contributed by atoms with van der Waals surface area (Å²) in [5.74, 6) is 1.61. The van der Waals surface area contributed by atoms with Crippen molar-refractivity contribution in [2.75, 3.05) is 16.8 Å². The van der Waals surface area contributed by atoms with E-state index in [1.165, 1.54) is 5.56 Å². The number of nitrogens with zero attached hydrogens (tertiary/aromatic N) is 3. The average molecular weight is 346 g/mol. The van der Waals surface area contributed by atoms with Gasteiger partial charge in [-0.2, -0.15) is 4.98 Å². The second kappa shape index (κ2) is 8.99. The van der Waals surface area contributed by atoms with Crippen LogP contribution in [0.1, 0.15) is 31.0 Å². The molecule has 0 amide bonds. The topological polar surface area (TPSA) is 41.1 Å². The third-order valence-electron chi connectivity index (χ3n) is 4.18. The van der Waals surface area contributed by atoms with Crippen molar-refractivity contribution in [3.05, 3.63) is 78.0 Å². The van der Waals surface area contributed by atoms with Gasteiger partial charge >= 0.3 is 0 Å². The first kappa shape index (κ1) is 17.9. The fraction of sp³-hybridized carbons (Fsp3) is 0.273. The van der Waals surface area contributed by atoms with E-state index in [9.17, 15) is 0 Å². The number of aryl methyl sites for hydroxylation is 1. The van der Waals surface area contributed by atoms with Crippen molar-refractivity contribution in [1.29, 1.82) is 0 Å². The summed E-state index contributed by atoms with van der Waals surface area (Å²) >= 11 is 0. The molecule has 0 saturated heterocycles. The van der Waals surface area contributed by atoms with Crippen LogP contribution in [0.25, 0.3) is 0 Å². The normalized spacial score (nSPS) is 10.5. The maximum Gasteiger partial charge on any atom is 0.224 e. The lowest BCUT2D eigenvalue weighted by molar-refractivity contribution is 0.823. The quantitative estimate of drug-likeness (QED) is 0.559. The molecule has 4 heteroatoms. The Balaban J connectivity index is 1.93. The van der Waals surface area contributed by atoms with Gasteiger partial charge in [-0.05, 0) is 31.0 Å². The highest BCUT2D eigenvalue weighted by molar-refractivity contribution is 5.61. The van der Waals surface area contributed by atoms with Gasteiger partial charge in [-0.25, -0.2) is 4.98 Å². The Hall–Kier alpha value is -2.88. The first-order valence-electron chi connectivity index (χ1n) is 9.22. The number of rotatable bonds is 8. The van der Waals surface area contributed by atoms with Crippen molar-refractivity contribution in [2.45, 2.75) is 33.2 Å². The summed E-state index contributed by atoms with van der Waals surface area (Å²) in [6, 6.07) is 22.9. The van der Waals surface area contributed by atoms with Gasteiger partial charge in [-0.1, -0.05) is 61.9 Å². The molecule has 4 nitrogen and oxygen atoms in total. The van der Waals surface area contributed by atoms with E-state index in [4.69, 9.17) is 4.98 Å². The van der Waals surface area contributed by atoms with E-state index in [1.807, 2.05) is 25.1 Å². The summed E-state index contributed by atoms with van der Waals surface area (Å²) in [4.78, 5) is 11.6. The van der Waals surface area contributed by atoms with Gasteiger partial charge < -0.3 is 10.2 Å². The summed E-state index contributed by atoms with van der Waals surface area (Å²) in [5, 5.41) is 3.35. The second-order valence-electron chi connectivity index (χ2n) is 6.38. The Bertz CT molecular complexity index is 803. The molecule has 3 rings (SSSR count). The van der Waals surface area contributed by atoms with E-state index in [2.05, 4.69) is 70.7 Å². The molecule has 3 aromatic rings. The van der Waals surface area contributed by atoms with E-state index >= 15 is 0 Å². The van der Waals surface area contributed by atoms with Crippen LogP contribution in [-0.4, -0.2) is 16.5 Å². The maximum atomic E-state index is 4.78. The first-order chi connectivity index (χ1) is 12.8. The first-order valence-corrected chi connectivity index (χ1v) is 9.22. The molecular weight excluding hydrogens is 320 g/mol. The Morgan fingerprint density at radius 1 is 0.923 bits per heavy atom. The van der Waals surface area contributed by atoms with Gasteiger partial charge in [-0.15, -0.1) is 0 Å². The largest absolute Gasteiger partial charge is 0.354 e. The van der Waals surface area contributed by atoms with Crippen LogP contribution in [0.5, 0.6) is 0 Å². The Labute approximate surface area is 155 Å². The molecule has 0 spiro atoms. The fourth-order valence-electron chi connectivity index (χ4n) is 2.82. The minimum Gasteiger partial charge on any atom is -0.354 e. The smallest absolute Gasteiger partial charge is 0.224 e. The molecule has 0 aliphatic rings. The van der Waals surface area contributed by atoms with Gasteiger partial charge in [0, 0.05) is 30.5 Å². The Kier molecular flexibility index (Phi) is 6.20. The van der Waals surface area contributed by atoms with Crippen LogP contribution in [0.4, 0.5) is 17.5 Å². The number of hydrogen-bond acceptors (Lipinski definition) is 4. The summed E-state index contributed by atoms with van der Waals surface area (Å²) in [5.41, 5.74) is 3.32. The number of unbranched alkanes of at least 4 members (excludes halogenated alkanes) is 1. The van der Waals surface area contributed by atoms with Gasteiger partial charge in [-0.3, -0.25) is 0 Å².